The van der Waals surface area contributed by atoms with Crippen molar-refractivity contribution in [3.63, 3.8) is 0 Å². The zero-order chi connectivity index (χ0) is 12.7. The second-order valence-electron chi connectivity index (χ2n) is 3.90. The van der Waals surface area contributed by atoms with Gasteiger partial charge in [-0.05, 0) is 44.6 Å². The third-order valence-electron chi connectivity index (χ3n) is 2.40. The third kappa shape index (κ3) is 5.25. The Morgan fingerprint density at radius 2 is 2.00 bits per heavy atom. The van der Waals surface area contributed by atoms with Crippen LogP contribution in [0.25, 0.3) is 0 Å². The van der Waals surface area contributed by atoms with Crippen LogP contribution < -0.4 is 10.0 Å². The fraction of sp³-hybridized carbons (Fsp3) is 0.545. The number of rotatable bonds is 7. The molecule has 0 spiro atoms. The fourth-order valence-corrected chi connectivity index (χ4v) is 2.80. The fourth-order valence-electron chi connectivity index (χ4n) is 1.49. The van der Waals surface area contributed by atoms with E-state index in [1.165, 1.54) is 0 Å². The first-order valence-corrected chi connectivity index (χ1v) is 7.25. The molecular formula is C11H19N3O2S. The molecular weight excluding hydrogens is 238 g/mol. The standard InChI is InChI=1S/C11H19N3O2S/c1-10(11-4-7-13-8-5-11)14-17(15,16)9-3-6-12-2/h4-5,7-8,10,12,14H,3,6,9H2,1-2H3. The lowest BCUT2D eigenvalue weighted by Crippen LogP contribution is -2.30. The van der Waals surface area contributed by atoms with Crippen molar-refractivity contribution >= 4 is 10.0 Å². The van der Waals surface area contributed by atoms with E-state index in [1.54, 1.807) is 31.6 Å². The molecule has 0 saturated carbocycles. The summed E-state index contributed by atoms with van der Waals surface area (Å²) in [5, 5.41) is 2.92. The predicted octanol–water partition coefficient (Wildman–Crippen LogP) is 0.671. The van der Waals surface area contributed by atoms with Gasteiger partial charge in [0.2, 0.25) is 10.0 Å². The molecule has 1 atom stereocenters. The molecule has 1 heterocycles. The number of hydrogen-bond donors (Lipinski definition) is 2. The van der Waals surface area contributed by atoms with Crippen LogP contribution in [0.1, 0.15) is 24.9 Å². The van der Waals surface area contributed by atoms with Crippen LogP contribution in [0.15, 0.2) is 24.5 Å². The molecule has 5 nitrogen and oxygen atoms in total. The molecule has 0 fully saturated rings. The summed E-state index contributed by atoms with van der Waals surface area (Å²) in [6.07, 6.45) is 3.91. The van der Waals surface area contributed by atoms with Crippen LogP contribution in [0.5, 0.6) is 0 Å². The number of pyridine rings is 1. The zero-order valence-corrected chi connectivity index (χ0v) is 11.0. The summed E-state index contributed by atoms with van der Waals surface area (Å²) >= 11 is 0. The predicted molar refractivity (Wildman–Crippen MR) is 68.1 cm³/mol. The molecule has 1 unspecified atom stereocenters. The largest absolute Gasteiger partial charge is 0.320 e. The molecule has 0 saturated heterocycles. The number of aromatic nitrogens is 1. The lowest BCUT2D eigenvalue weighted by molar-refractivity contribution is 0.563. The van der Waals surface area contributed by atoms with Crippen LogP contribution in [0, 0.1) is 0 Å². The summed E-state index contributed by atoms with van der Waals surface area (Å²) in [4.78, 5) is 3.90. The first-order chi connectivity index (χ1) is 8.05. The molecule has 0 bridgehead atoms. The Morgan fingerprint density at radius 1 is 1.35 bits per heavy atom. The van der Waals surface area contributed by atoms with E-state index >= 15 is 0 Å². The highest BCUT2D eigenvalue weighted by molar-refractivity contribution is 7.89. The van der Waals surface area contributed by atoms with Gasteiger partial charge in [-0.1, -0.05) is 0 Å². The molecule has 6 heteroatoms. The molecule has 1 aromatic rings. The molecule has 1 rings (SSSR count). The molecule has 0 aliphatic rings. The molecule has 17 heavy (non-hydrogen) atoms. The molecule has 2 N–H and O–H groups in total. The lowest BCUT2D eigenvalue weighted by atomic mass is 10.1. The first kappa shape index (κ1) is 14.1. The highest BCUT2D eigenvalue weighted by Gasteiger charge is 2.14. The summed E-state index contributed by atoms with van der Waals surface area (Å²) in [6, 6.07) is 3.39. The third-order valence-corrected chi connectivity index (χ3v) is 3.94. The minimum atomic E-state index is -3.21. The van der Waals surface area contributed by atoms with Gasteiger partial charge in [-0.2, -0.15) is 0 Å². The van der Waals surface area contributed by atoms with Gasteiger partial charge in [0.05, 0.1) is 5.75 Å². The Bertz CT molecular complexity index is 420. The number of sulfonamides is 1. The van der Waals surface area contributed by atoms with E-state index in [-0.39, 0.29) is 11.8 Å². The maximum absolute atomic E-state index is 11.7. The maximum Gasteiger partial charge on any atom is 0.212 e. The van der Waals surface area contributed by atoms with E-state index in [0.717, 1.165) is 5.56 Å². The SMILES string of the molecule is CNCCCS(=O)(=O)NC(C)c1ccncc1. The monoisotopic (exact) mass is 257 g/mol. The van der Waals surface area contributed by atoms with Gasteiger partial charge in [0.1, 0.15) is 0 Å². The minimum Gasteiger partial charge on any atom is -0.320 e. The van der Waals surface area contributed by atoms with Gasteiger partial charge in [-0.25, -0.2) is 13.1 Å². The van der Waals surface area contributed by atoms with Crippen LogP contribution in [-0.4, -0.2) is 32.7 Å². The molecule has 0 aliphatic heterocycles. The van der Waals surface area contributed by atoms with Crippen molar-refractivity contribution in [2.45, 2.75) is 19.4 Å². The van der Waals surface area contributed by atoms with Gasteiger partial charge in [-0.3, -0.25) is 4.98 Å². The number of nitrogens with zero attached hydrogens (tertiary/aromatic N) is 1. The van der Waals surface area contributed by atoms with Crippen LogP contribution in [-0.2, 0) is 10.0 Å². The van der Waals surface area contributed by atoms with Gasteiger partial charge in [-0.15, -0.1) is 0 Å². The van der Waals surface area contributed by atoms with Crippen molar-refractivity contribution in [2.24, 2.45) is 0 Å². The average molecular weight is 257 g/mol. The van der Waals surface area contributed by atoms with Crippen LogP contribution in [0.2, 0.25) is 0 Å². The quantitative estimate of drug-likeness (QED) is 0.704. The summed E-state index contributed by atoms with van der Waals surface area (Å²) in [7, 11) is -1.41. The molecule has 1 aromatic heterocycles. The summed E-state index contributed by atoms with van der Waals surface area (Å²) in [5.74, 6) is 0.142. The van der Waals surface area contributed by atoms with E-state index in [2.05, 4.69) is 15.0 Å². The van der Waals surface area contributed by atoms with E-state index in [9.17, 15) is 8.42 Å². The van der Waals surface area contributed by atoms with Crippen molar-refractivity contribution in [2.75, 3.05) is 19.3 Å². The number of nitrogens with one attached hydrogen (secondary N) is 2. The topological polar surface area (TPSA) is 71.1 Å². The molecule has 0 amide bonds. The second kappa shape index (κ2) is 6.68. The highest BCUT2D eigenvalue weighted by atomic mass is 32.2. The van der Waals surface area contributed by atoms with Gasteiger partial charge in [0.15, 0.2) is 0 Å². The van der Waals surface area contributed by atoms with Crippen molar-refractivity contribution < 1.29 is 8.42 Å². The van der Waals surface area contributed by atoms with Gasteiger partial charge in [0.25, 0.3) is 0 Å². The smallest absolute Gasteiger partial charge is 0.212 e. The van der Waals surface area contributed by atoms with Crippen molar-refractivity contribution in [1.82, 2.24) is 15.0 Å². The number of hydrogen-bond acceptors (Lipinski definition) is 4. The van der Waals surface area contributed by atoms with Crippen molar-refractivity contribution in [3.8, 4) is 0 Å². The molecule has 0 radical (unpaired) electrons. The molecule has 0 aliphatic carbocycles. The van der Waals surface area contributed by atoms with E-state index in [4.69, 9.17) is 0 Å². The van der Waals surface area contributed by atoms with E-state index in [0.29, 0.717) is 13.0 Å². The van der Waals surface area contributed by atoms with E-state index in [1.807, 2.05) is 6.92 Å². The lowest BCUT2D eigenvalue weighted by Gasteiger charge is -2.14. The second-order valence-corrected chi connectivity index (χ2v) is 5.77. The Hall–Kier alpha value is -0.980. The highest BCUT2D eigenvalue weighted by Crippen LogP contribution is 2.11. The molecule has 96 valence electrons. The first-order valence-electron chi connectivity index (χ1n) is 5.59. The van der Waals surface area contributed by atoms with Gasteiger partial charge in [0, 0.05) is 18.4 Å². The van der Waals surface area contributed by atoms with Crippen LogP contribution in [0.4, 0.5) is 0 Å². The van der Waals surface area contributed by atoms with Crippen LogP contribution >= 0.6 is 0 Å². The van der Waals surface area contributed by atoms with Gasteiger partial charge < -0.3 is 5.32 Å². The van der Waals surface area contributed by atoms with Gasteiger partial charge >= 0.3 is 0 Å². The maximum atomic E-state index is 11.7. The van der Waals surface area contributed by atoms with Crippen molar-refractivity contribution in [1.29, 1.82) is 0 Å². The Balaban J connectivity index is 2.53. The summed E-state index contributed by atoms with van der Waals surface area (Å²) < 4.78 is 26.1. The summed E-state index contributed by atoms with van der Waals surface area (Å²) in [6.45, 7) is 2.52. The minimum absolute atomic E-state index is 0.142. The normalized spacial score (nSPS) is 13.5. The average Bonchev–Trinajstić information content (AvgIpc) is 2.30. The van der Waals surface area contributed by atoms with Crippen LogP contribution in [0.3, 0.4) is 0 Å². The Morgan fingerprint density at radius 3 is 2.59 bits per heavy atom. The zero-order valence-electron chi connectivity index (χ0n) is 10.2. The summed E-state index contributed by atoms with van der Waals surface area (Å²) in [5.41, 5.74) is 0.914. The Labute approximate surface area is 103 Å². The van der Waals surface area contributed by atoms with E-state index < -0.39 is 10.0 Å². The molecule has 0 aromatic carbocycles. The van der Waals surface area contributed by atoms with Crippen molar-refractivity contribution in [3.05, 3.63) is 30.1 Å². The Kier molecular flexibility index (Phi) is 5.54.